The predicted molar refractivity (Wildman–Crippen MR) is 125 cm³/mol. The number of hydrogen-bond donors (Lipinski definition) is 2. The second-order valence-corrected chi connectivity index (χ2v) is 9.68. The number of nitrogens with two attached hydrogens (primary N) is 1. The zero-order chi connectivity index (χ0) is 24.7. The van der Waals surface area contributed by atoms with Gasteiger partial charge in [0, 0.05) is 22.8 Å². The van der Waals surface area contributed by atoms with Crippen LogP contribution in [0.5, 0.6) is 0 Å². The number of pyridine rings is 1. The van der Waals surface area contributed by atoms with Gasteiger partial charge in [0.1, 0.15) is 43.2 Å². The monoisotopic (exact) mass is 513 g/mol. The van der Waals surface area contributed by atoms with Crippen LogP contribution in [0.15, 0.2) is 58.6 Å². The molecule has 0 bridgehead atoms. The number of aromatic nitrogens is 3. The first-order valence-electron chi connectivity index (χ1n) is 10.4. The van der Waals surface area contributed by atoms with Crippen molar-refractivity contribution < 1.29 is 28.9 Å². The molecular formula is C21H19N7O5S2. The average molecular weight is 514 g/mol. The number of thiazole rings is 1. The fourth-order valence-corrected chi connectivity index (χ4v) is 5.96. The summed E-state index contributed by atoms with van der Waals surface area (Å²) in [5.74, 6) is -2.32. The van der Waals surface area contributed by atoms with Crippen molar-refractivity contribution in [3.05, 3.63) is 59.1 Å². The fraction of sp³-hybridized carbons (Fsp3) is 0.238. The summed E-state index contributed by atoms with van der Waals surface area (Å²) in [6.07, 6.45) is 5.59. The van der Waals surface area contributed by atoms with Crippen LogP contribution in [0.2, 0.25) is 0 Å². The van der Waals surface area contributed by atoms with Crippen molar-refractivity contribution in [3.8, 4) is 0 Å². The normalized spacial score (nSPS) is 20.0. The number of nitrogens with one attached hydrogen (secondary N) is 1. The molecule has 0 unspecified atom stereocenters. The van der Waals surface area contributed by atoms with E-state index in [1.165, 1.54) is 23.8 Å². The summed E-state index contributed by atoms with van der Waals surface area (Å²) < 4.78 is 3.81. The van der Waals surface area contributed by atoms with Crippen molar-refractivity contribution >= 4 is 57.4 Å². The Balaban J connectivity index is 1.37. The quantitative estimate of drug-likeness (QED) is 0.171. The van der Waals surface area contributed by atoms with Crippen LogP contribution in [-0.2, 0) is 25.8 Å². The lowest BCUT2D eigenvalue weighted by molar-refractivity contribution is -0.662. The van der Waals surface area contributed by atoms with Crippen LogP contribution >= 0.6 is 23.1 Å². The SMILES string of the molecule is CO/N=C(\C(=O)N[C@@H]1C(=O)N2C(C(=O)[O-])=C(C[n+]3ccn4ccccc43)CS[C@@H]12)c1csc(N)n1. The van der Waals surface area contributed by atoms with Gasteiger partial charge in [-0.3, -0.25) is 14.5 Å². The van der Waals surface area contributed by atoms with E-state index in [4.69, 9.17) is 10.6 Å². The molecule has 2 aliphatic rings. The standard InChI is InChI=1S/C21H19N7O5S2/c1-33-25-14(12-10-35-21(22)23-12)17(29)24-15-18(30)28-16(20(31)32)11(9-34-19(15)28)8-27-7-6-26-5-3-2-4-13(26)27/h2-7,10,15,19H,8-9H2,1H3,(H3-,22,23,24,29,31,32)/b25-14-/t15-,19+/m1/s1. The number of carbonyl (C=O) groups is 3. The molecular weight excluding hydrogens is 494 g/mol. The Morgan fingerprint density at radius 1 is 1.40 bits per heavy atom. The zero-order valence-corrected chi connectivity index (χ0v) is 19.9. The number of nitrogen functional groups attached to an aromatic ring is 1. The molecule has 180 valence electrons. The lowest BCUT2D eigenvalue weighted by Crippen LogP contribution is -2.71. The molecule has 35 heavy (non-hydrogen) atoms. The van der Waals surface area contributed by atoms with Crippen molar-refractivity contribution in [2.24, 2.45) is 5.16 Å². The summed E-state index contributed by atoms with van der Waals surface area (Å²) in [7, 11) is 1.28. The average Bonchev–Trinajstić information content (AvgIpc) is 3.46. The highest BCUT2D eigenvalue weighted by atomic mass is 32.2. The van der Waals surface area contributed by atoms with Crippen molar-refractivity contribution in [1.29, 1.82) is 0 Å². The number of nitrogens with zero attached hydrogens (tertiary/aromatic N) is 5. The first-order valence-corrected chi connectivity index (χ1v) is 12.3. The Morgan fingerprint density at radius 2 is 2.23 bits per heavy atom. The molecule has 2 amide bonds. The number of amides is 2. The van der Waals surface area contributed by atoms with Crippen molar-refractivity contribution in [3.63, 3.8) is 0 Å². The summed E-state index contributed by atoms with van der Waals surface area (Å²) in [6.45, 7) is 0.278. The molecule has 0 aliphatic carbocycles. The van der Waals surface area contributed by atoms with E-state index in [0.29, 0.717) is 11.3 Å². The second-order valence-electron chi connectivity index (χ2n) is 7.69. The molecule has 3 aromatic heterocycles. The molecule has 5 heterocycles. The Labute approximate surface area is 206 Å². The van der Waals surface area contributed by atoms with E-state index in [1.807, 2.05) is 45.8 Å². The largest absolute Gasteiger partial charge is 0.543 e. The number of thioether (sulfide) groups is 1. The van der Waals surface area contributed by atoms with Gasteiger partial charge in [0.15, 0.2) is 10.8 Å². The van der Waals surface area contributed by atoms with Gasteiger partial charge in [-0.2, -0.15) is 0 Å². The van der Waals surface area contributed by atoms with Gasteiger partial charge < -0.3 is 25.8 Å². The minimum atomic E-state index is -1.44. The Hall–Kier alpha value is -3.91. The highest BCUT2D eigenvalue weighted by molar-refractivity contribution is 8.00. The zero-order valence-electron chi connectivity index (χ0n) is 18.3. The number of aliphatic carboxylic acids is 1. The Morgan fingerprint density at radius 3 is 2.94 bits per heavy atom. The van der Waals surface area contributed by atoms with E-state index in [-0.39, 0.29) is 28.8 Å². The predicted octanol–water partition coefficient (Wildman–Crippen LogP) is -1.28. The molecule has 1 saturated heterocycles. The molecule has 3 N–H and O–H groups in total. The molecule has 0 spiro atoms. The minimum Gasteiger partial charge on any atom is -0.543 e. The van der Waals surface area contributed by atoms with Crippen LogP contribution in [0.25, 0.3) is 5.65 Å². The maximum atomic E-state index is 13.0. The first-order chi connectivity index (χ1) is 16.9. The van der Waals surface area contributed by atoms with Gasteiger partial charge in [0.2, 0.25) is 0 Å². The van der Waals surface area contributed by atoms with E-state index in [0.717, 1.165) is 17.0 Å². The van der Waals surface area contributed by atoms with Crippen LogP contribution in [-0.4, -0.2) is 62.1 Å². The van der Waals surface area contributed by atoms with Crippen LogP contribution < -0.4 is 20.7 Å². The Bertz CT molecular complexity index is 1410. The highest BCUT2D eigenvalue weighted by Crippen LogP contribution is 2.40. The summed E-state index contributed by atoms with van der Waals surface area (Å²) in [4.78, 5) is 47.9. The van der Waals surface area contributed by atoms with Gasteiger partial charge in [-0.05, 0) is 6.07 Å². The molecule has 5 rings (SSSR count). The first kappa shape index (κ1) is 22.9. The summed E-state index contributed by atoms with van der Waals surface area (Å²) in [5, 5.41) is 19.6. The summed E-state index contributed by atoms with van der Waals surface area (Å²) in [5.41, 5.74) is 6.97. The third kappa shape index (κ3) is 4.00. The number of oxime groups is 1. The lowest BCUT2D eigenvalue weighted by atomic mass is 10.0. The Kier molecular flexibility index (Phi) is 5.90. The molecule has 1 fully saturated rings. The van der Waals surface area contributed by atoms with Crippen molar-refractivity contribution in [2.75, 3.05) is 18.6 Å². The summed E-state index contributed by atoms with van der Waals surface area (Å²) >= 11 is 2.49. The van der Waals surface area contributed by atoms with E-state index in [2.05, 4.69) is 15.5 Å². The maximum absolute atomic E-state index is 13.0. The smallest absolute Gasteiger partial charge is 0.286 e. The molecule has 2 atom stereocenters. The minimum absolute atomic E-state index is 0.138. The number of rotatable bonds is 7. The van der Waals surface area contributed by atoms with Gasteiger partial charge in [-0.1, -0.05) is 11.2 Å². The third-order valence-corrected chi connectivity index (χ3v) is 7.63. The van der Waals surface area contributed by atoms with Crippen molar-refractivity contribution in [1.82, 2.24) is 19.6 Å². The van der Waals surface area contributed by atoms with Crippen LogP contribution in [0.4, 0.5) is 5.13 Å². The number of β-lactam (4-membered cyclic amide) rings is 1. The summed E-state index contributed by atoms with van der Waals surface area (Å²) in [6, 6.07) is 4.75. The molecule has 0 radical (unpaired) electrons. The number of fused-ring (bicyclic) bond motifs is 2. The second kappa shape index (κ2) is 9.03. The molecule has 0 aromatic carbocycles. The van der Waals surface area contributed by atoms with E-state index in [9.17, 15) is 19.5 Å². The molecule has 12 nitrogen and oxygen atoms in total. The van der Waals surface area contributed by atoms with Crippen LogP contribution in [0.3, 0.4) is 0 Å². The number of anilines is 1. The van der Waals surface area contributed by atoms with Gasteiger partial charge >= 0.3 is 0 Å². The van der Waals surface area contributed by atoms with Gasteiger partial charge in [-0.15, -0.1) is 23.1 Å². The van der Waals surface area contributed by atoms with E-state index in [1.54, 1.807) is 5.38 Å². The van der Waals surface area contributed by atoms with Gasteiger partial charge in [0.05, 0.1) is 17.9 Å². The number of imidazole rings is 1. The van der Waals surface area contributed by atoms with Crippen molar-refractivity contribution in [2.45, 2.75) is 18.0 Å². The number of carbonyl (C=O) groups excluding carboxylic acids is 3. The van der Waals surface area contributed by atoms with Gasteiger partial charge in [0.25, 0.3) is 17.5 Å². The van der Waals surface area contributed by atoms with E-state index >= 15 is 0 Å². The van der Waals surface area contributed by atoms with Gasteiger partial charge in [-0.25, -0.2) is 14.0 Å². The van der Waals surface area contributed by atoms with E-state index < -0.39 is 29.2 Å². The number of hydrogen-bond acceptors (Lipinski definition) is 10. The maximum Gasteiger partial charge on any atom is 0.286 e. The third-order valence-electron chi connectivity index (χ3n) is 5.62. The van der Waals surface area contributed by atoms with Crippen LogP contribution in [0.1, 0.15) is 5.69 Å². The fourth-order valence-electron chi connectivity index (χ4n) is 4.08. The molecule has 2 aliphatic heterocycles. The number of carboxylic acids is 1. The molecule has 0 saturated carbocycles. The molecule has 14 heteroatoms. The lowest BCUT2D eigenvalue weighted by Gasteiger charge is -2.50. The molecule has 3 aromatic rings. The van der Waals surface area contributed by atoms with Crippen LogP contribution in [0, 0.1) is 0 Å². The highest BCUT2D eigenvalue weighted by Gasteiger charge is 2.53. The topological polar surface area (TPSA) is 158 Å². The number of carboxylic acid groups (broad SMARTS) is 1.